The number of anilines is 4. The number of halogens is 2. The molecule has 0 bridgehead atoms. The van der Waals surface area contributed by atoms with E-state index in [1.807, 2.05) is 66.3 Å². The van der Waals surface area contributed by atoms with Gasteiger partial charge in [-0.05, 0) is 61.0 Å². The van der Waals surface area contributed by atoms with E-state index in [1.54, 1.807) is 31.2 Å². The Hall–Kier alpha value is -3.96. The van der Waals surface area contributed by atoms with Crippen molar-refractivity contribution in [1.29, 1.82) is 0 Å². The summed E-state index contributed by atoms with van der Waals surface area (Å²) < 4.78 is 2.03. The van der Waals surface area contributed by atoms with Crippen molar-refractivity contribution in [1.82, 2.24) is 0 Å². The number of carbonyl (C=O) groups is 1. The number of aryl methyl sites for hydroxylation is 1. The van der Waals surface area contributed by atoms with Crippen LogP contribution in [-0.4, -0.2) is 17.6 Å². The van der Waals surface area contributed by atoms with Crippen molar-refractivity contribution in [2.45, 2.75) is 6.92 Å². The highest BCUT2D eigenvalue weighted by Gasteiger charge is 2.11. The van der Waals surface area contributed by atoms with E-state index < -0.39 is 0 Å². The first-order chi connectivity index (χ1) is 16.8. The van der Waals surface area contributed by atoms with E-state index in [1.165, 1.54) is 0 Å². The van der Waals surface area contributed by atoms with Gasteiger partial charge in [0.15, 0.2) is 6.20 Å². The second-order valence-electron chi connectivity index (χ2n) is 8.06. The Bertz CT molecular complexity index is 1450. The van der Waals surface area contributed by atoms with Crippen molar-refractivity contribution in [2.24, 2.45) is 28.7 Å². The van der Waals surface area contributed by atoms with Crippen LogP contribution in [0.25, 0.3) is 10.9 Å². The number of amides is 1. The van der Waals surface area contributed by atoms with Gasteiger partial charge in [0.2, 0.25) is 11.5 Å². The Balaban J connectivity index is 0.00000241. The SMILES string of the molecule is Br.C/C(=N\N=C(N)N)c1ccc(C(=O)Nc2ccc(Nc3cc[n+](C)c4cc(N)ccc34)cc2)cc1.[Br-]. The molecular formula is C26H28Br2N8O. The lowest BCUT2D eigenvalue weighted by Gasteiger charge is -2.11. The molecule has 0 aliphatic carbocycles. The number of nitrogens with zero attached hydrogens (tertiary/aromatic N) is 3. The number of aromatic nitrogens is 1. The van der Waals surface area contributed by atoms with Gasteiger partial charge < -0.3 is 44.8 Å². The first-order valence-corrected chi connectivity index (χ1v) is 10.9. The van der Waals surface area contributed by atoms with Crippen LogP contribution in [0.2, 0.25) is 0 Å². The molecule has 192 valence electrons. The van der Waals surface area contributed by atoms with Crippen molar-refractivity contribution >= 4 is 68.2 Å². The molecule has 0 fully saturated rings. The van der Waals surface area contributed by atoms with Crippen molar-refractivity contribution in [3.05, 3.63) is 90.1 Å². The zero-order valence-electron chi connectivity index (χ0n) is 20.3. The summed E-state index contributed by atoms with van der Waals surface area (Å²) in [5.74, 6) is -0.326. The number of carbonyl (C=O) groups excluding carboxylic acids is 1. The van der Waals surface area contributed by atoms with Crippen molar-refractivity contribution in [3.63, 3.8) is 0 Å². The minimum absolute atomic E-state index is 0. The zero-order chi connectivity index (χ0) is 24.9. The number of hydrogen-bond donors (Lipinski definition) is 5. The van der Waals surface area contributed by atoms with Crippen molar-refractivity contribution < 1.29 is 26.3 Å². The largest absolute Gasteiger partial charge is 1.00 e. The Morgan fingerprint density at radius 3 is 2.14 bits per heavy atom. The summed E-state index contributed by atoms with van der Waals surface area (Å²) in [6.45, 7) is 1.78. The fourth-order valence-electron chi connectivity index (χ4n) is 3.58. The molecule has 4 aromatic rings. The van der Waals surface area contributed by atoms with Gasteiger partial charge in [-0.2, -0.15) is 5.10 Å². The number of benzene rings is 3. The molecule has 11 heteroatoms. The minimum atomic E-state index is -0.213. The summed E-state index contributed by atoms with van der Waals surface area (Å²) in [6.07, 6.45) is 1.98. The molecule has 0 aliphatic rings. The number of rotatable bonds is 6. The Morgan fingerprint density at radius 2 is 1.49 bits per heavy atom. The topological polar surface area (TPSA) is 148 Å². The third-order valence-corrected chi connectivity index (χ3v) is 5.46. The van der Waals surface area contributed by atoms with Crippen LogP contribution in [0, 0.1) is 0 Å². The second kappa shape index (κ2) is 12.8. The number of nitrogens with two attached hydrogens (primary N) is 3. The summed E-state index contributed by atoms with van der Waals surface area (Å²) in [7, 11) is 1.98. The number of guanidine groups is 1. The molecule has 0 unspecified atom stereocenters. The Kier molecular flexibility index (Phi) is 10.2. The van der Waals surface area contributed by atoms with Gasteiger partial charge in [0.25, 0.3) is 5.91 Å². The summed E-state index contributed by atoms with van der Waals surface area (Å²) in [6, 6.07) is 22.4. The molecule has 9 nitrogen and oxygen atoms in total. The van der Waals surface area contributed by atoms with Crippen molar-refractivity contribution in [2.75, 3.05) is 16.4 Å². The fraction of sp³-hybridized carbons (Fsp3) is 0.0769. The van der Waals surface area contributed by atoms with Crippen LogP contribution >= 0.6 is 17.0 Å². The predicted octanol–water partition coefficient (Wildman–Crippen LogP) is 0.822. The lowest BCUT2D eigenvalue weighted by molar-refractivity contribution is -0.644. The van der Waals surface area contributed by atoms with Crippen LogP contribution in [0.5, 0.6) is 0 Å². The van der Waals surface area contributed by atoms with Gasteiger partial charge in [-0.25, -0.2) is 4.57 Å². The van der Waals surface area contributed by atoms with Crippen LogP contribution in [0.4, 0.5) is 22.7 Å². The lowest BCUT2D eigenvalue weighted by atomic mass is 10.1. The van der Waals surface area contributed by atoms with Gasteiger partial charge >= 0.3 is 0 Å². The number of fused-ring (bicyclic) bond motifs is 1. The van der Waals surface area contributed by atoms with E-state index in [0.29, 0.717) is 22.6 Å². The van der Waals surface area contributed by atoms with Crippen molar-refractivity contribution in [3.8, 4) is 0 Å². The second-order valence-corrected chi connectivity index (χ2v) is 8.06. The average Bonchev–Trinajstić information content (AvgIpc) is 2.85. The predicted molar refractivity (Wildman–Crippen MR) is 152 cm³/mol. The van der Waals surface area contributed by atoms with Crippen LogP contribution in [0.3, 0.4) is 0 Å². The molecule has 0 atom stereocenters. The Labute approximate surface area is 236 Å². The molecule has 3 aromatic carbocycles. The van der Waals surface area contributed by atoms with Crippen LogP contribution in [0.1, 0.15) is 22.8 Å². The third kappa shape index (κ3) is 7.28. The van der Waals surface area contributed by atoms with Gasteiger partial charge in [-0.3, -0.25) is 4.79 Å². The van der Waals surface area contributed by atoms with Crippen LogP contribution < -0.4 is 49.4 Å². The molecule has 0 saturated carbocycles. The van der Waals surface area contributed by atoms with Gasteiger partial charge in [-0.15, -0.1) is 22.1 Å². The summed E-state index contributed by atoms with van der Waals surface area (Å²) >= 11 is 0. The standard InChI is InChI=1S/C26H26N8O.2BrH/c1-16(32-33-26(28)29)17-3-5-18(6-4-17)25(35)31-21-10-8-20(9-11-21)30-23-13-14-34(2)24-15-19(27)7-12-22(23)24;;/h3-15H,1-2H3,(H7,27,28,29,30,31,32,33,35);2*1H. The Morgan fingerprint density at radius 1 is 0.865 bits per heavy atom. The number of nitrogen functional groups attached to an aromatic ring is 1. The van der Waals surface area contributed by atoms with E-state index in [4.69, 9.17) is 17.2 Å². The van der Waals surface area contributed by atoms with E-state index in [2.05, 4.69) is 20.8 Å². The van der Waals surface area contributed by atoms with E-state index in [9.17, 15) is 4.79 Å². The average molecular weight is 628 g/mol. The van der Waals surface area contributed by atoms with E-state index in [-0.39, 0.29) is 45.8 Å². The highest BCUT2D eigenvalue weighted by atomic mass is 79.9. The summed E-state index contributed by atoms with van der Waals surface area (Å²) in [5, 5.41) is 15.0. The van der Waals surface area contributed by atoms with E-state index in [0.717, 1.165) is 27.8 Å². The van der Waals surface area contributed by atoms with Gasteiger partial charge in [0.1, 0.15) is 7.05 Å². The zero-order valence-corrected chi connectivity index (χ0v) is 23.6. The third-order valence-electron chi connectivity index (χ3n) is 5.46. The summed E-state index contributed by atoms with van der Waals surface area (Å²) in [4.78, 5) is 12.7. The molecule has 1 amide bonds. The van der Waals surface area contributed by atoms with E-state index >= 15 is 0 Å². The van der Waals surface area contributed by atoms with Crippen LogP contribution in [-0.2, 0) is 7.05 Å². The first kappa shape index (κ1) is 29.3. The van der Waals surface area contributed by atoms with Gasteiger partial charge in [0.05, 0.1) is 16.8 Å². The maximum atomic E-state index is 12.7. The minimum Gasteiger partial charge on any atom is -1.00 e. The molecular weight excluding hydrogens is 600 g/mol. The quantitative estimate of drug-likeness (QED) is 0.0706. The number of hydrogen-bond acceptors (Lipinski definition) is 5. The first-order valence-electron chi connectivity index (χ1n) is 10.9. The molecule has 0 spiro atoms. The maximum absolute atomic E-state index is 12.7. The highest BCUT2D eigenvalue weighted by Crippen LogP contribution is 2.26. The lowest BCUT2D eigenvalue weighted by Crippen LogP contribution is -3.00. The number of pyridine rings is 1. The normalized spacial score (nSPS) is 10.6. The van der Waals surface area contributed by atoms with Gasteiger partial charge in [-0.1, -0.05) is 12.1 Å². The molecule has 1 heterocycles. The molecule has 0 radical (unpaired) electrons. The molecule has 37 heavy (non-hydrogen) atoms. The molecule has 0 saturated heterocycles. The smallest absolute Gasteiger partial charge is 0.255 e. The van der Waals surface area contributed by atoms with Gasteiger partial charge in [0, 0.05) is 34.8 Å². The fourth-order valence-corrected chi connectivity index (χ4v) is 3.58. The number of nitrogens with one attached hydrogen (secondary N) is 2. The molecule has 0 aliphatic heterocycles. The summed E-state index contributed by atoms with van der Waals surface area (Å²) in [5.41, 5.74) is 22.8. The monoisotopic (exact) mass is 626 g/mol. The molecule has 4 rings (SSSR count). The highest BCUT2D eigenvalue weighted by molar-refractivity contribution is 8.93. The maximum Gasteiger partial charge on any atom is 0.255 e. The van der Waals surface area contributed by atoms with Crippen LogP contribution in [0.15, 0.2) is 89.2 Å². The molecule has 8 N–H and O–H groups in total. The molecule has 1 aromatic heterocycles.